The molecule has 6 N–H and O–H groups in total. The Morgan fingerprint density at radius 2 is 1.90 bits per heavy atom. The van der Waals surface area contributed by atoms with E-state index in [9.17, 15) is 29.7 Å². The van der Waals surface area contributed by atoms with Crippen LogP contribution in [0.2, 0.25) is 5.02 Å². The number of hydrogen-bond donors (Lipinski definition) is 5. The lowest BCUT2D eigenvalue weighted by Crippen LogP contribution is -2.72. The number of amides is 1. The number of aliphatic hydroxyl groups is 2. The molecule has 3 unspecified atom stereocenters. The highest BCUT2D eigenvalue weighted by Crippen LogP contribution is 2.49. The van der Waals surface area contributed by atoms with Crippen molar-refractivity contribution in [3.63, 3.8) is 0 Å². The molecule has 2 aromatic carbocycles. The molecule has 60 heavy (non-hydrogen) atoms. The number of anilines is 1. The van der Waals surface area contributed by atoms with Gasteiger partial charge in [-0.15, -0.1) is 0 Å². The van der Waals surface area contributed by atoms with Gasteiger partial charge in [0.2, 0.25) is 0 Å². The molecule has 16 nitrogen and oxygen atoms in total. The molecule has 4 bridgehead atoms. The number of carbonyl (C=O) groups is 3. The summed E-state index contributed by atoms with van der Waals surface area (Å²) >= 11 is 6.72. The normalized spacial score (nSPS) is 31.5. The van der Waals surface area contributed by atoms with Gasteiger partial charge in [-0.25, -0.2) is 4.79 Å². The number of likely N-dealkylation sites (N-methyl/N-ethyl adjacent to an activating group) is 1. The van der Waals surface area contributed by atoms with Crippen molar-refractivity contribution >= 4 is 35.1 Å². The summed E-state index contributed by atoms with van der Waals surface area (Å²) in [5.74, 6) is 1.20. The van der Waals surface area contributed by atoms with E-state index in [4.69, 9.17) is 50.5 Å². The molecule has 8 atom stereocenters. The first kappa shape index (κ1) is 42.7. The van der Waals surface area contributed by atoms with Gasteiger partial charge in [0, 0.05) is 12.1 Å². The Hall–Kier alpha value is -5.38. The van der Waals surface area contributed by atoms with Crippen LogP contribution < -0.4 is 25.3 Å². The van der Waals surface area contributed by atoms with Crippen LogP contribution in [0, 0.1) is 11.8 Å². The smallest absolute Gasteiger partial charge is 0.341 e. The van der Waals surface area contributed by atoms with Gasteiger partial charge in [-0.3, -0.25) is 9.59 Å². The molecular weight excluding hydrogens is 802 g/mol. The summed E-state index contributed by atoms with van der Waals surface area (Å²) in [7, 11) is 4.90. The Balaban J connectivity index is 1.34. The zero-order valence-electron chi connectivity index (χ0n) is 33.7. The maximum atomic E-state index is 14.2. The summed E-state index contributed by atoms with van der Waals surface area (Å²) in [5, 5.41) is 37.2. The number of nitrogens with one attached hydrogen (secondary N) is 1. The van der Waals surface area contributed by atoms with E-state index >= 15 is 0 Å². The summed E-state index contributed by atoms with van der Waals surface area (Å²) in [4.78, 5) is 41.9. The predicted molar refractivity (Wildman–Crippen MR) is 215 cm³/mol. The van der Waals surface area contributed by atoms with Gasteiger partial charge in [-0.05, 0) is 88.3 Å². The van der Waals surface area contributed by atoms with Gasteiger partial charge in [0.05, 0.1) is 41.4 Å². The van der Waals surface area contributed by atoms with Gasteiger partial charge in [-0.1, -0.05) is 42.2 Å². The van der Waals surface area contributed by atoms with E-state index in [-0.39, 0.29) is 57.7 Å². The van der Waals surface area contributed by atoms with Gasteiger partial charge in [-0.2, -0.15) is 0 Å². The fraction of sp³-hybridized carbons (Fsp3) is 0.419. The highest BCUT2D eigenvalue weighted by molar-refractivity contribution is 6.32. The van der Waals surface area contributed by atoms with Crippen LogP contribution in [0.15, 0.2) is 72.1 Å². The third-order valence-corrected chi connectivity index (χ3v) is 11.4. The van der Waals surface area contributed by atoms with E-state index in [1.807, 2.05) is 0 Å². The van der Waals surface area contributed by atoms with Crippen LogP contribution >= 0.6 is 11.6 Å². The number of nitrogens with two attached hydrogens (primary N) is 1. The molecule has 17 heteroatoms. The number of ether oxygens (including phenoxy) is 7. The van der Waals surface area contributed by atoms with E-state index < -0.39 is 83.7 Å². The number of aromatic hydroxyl groups is 1. The maximum absolute atomic E-state index is 14.2. The second-order valence-corrected chi connectivity index (χ2v) is 16.4. The Morgan fingerprint density at radius 1 is 1.15 bits per heavy atom. The second-order valence-electron chi connectivity index (χ2n) is 16.0. The first-order valence-electron chi connectivity index (χ1n) is 19.0. The molecule has 0 aromatic heterocycles. The van der Waals surface area contributed by atoms with Gasteiger partial charge in [0.1, 0.15) is 24.6 Å². The fourth-order valence-electron chi connectivity index (χ4n) is 8.37. The molecule has 0 saturated carbocycles. The number of carbonyl (C=O) groups excluding carboxylic acids is 3. The van der Waals surface area contributed by atoms with Gasteiger partial charge < -0.3 is 64.4 Å². The highest BCUT2D eigenvalue weighted by atomic mass is 35.5. The summed E-state index contributed by atoms with van der Waals surface area (Å²) in [6.07, 6.45) is 0.514. The highest BCUT2D eigenvalue weighted by Gasteiger charge is 2.61. The predicted octanol–water partition coefficient (Wildman–Crippen LogP) is 3.58. The van der Waals surface area contributed by atoms with Crippen molar-refractivity contribution in [2.45, 2.75) is 87.1 Å². The van der Waals surface area contributed by atoms with E-state index in [1.54, 1.807) is 51.1 Å². The number of phenols is 1. The molecule has 2 aromatic rings. The molecule has 2 aliphatic carbocycles. The minimum atomic E-state index is -1.93. The molecule has 6 aliphatic heterocycles. The fourth-order valence-corrected chi connectivity index (χ4v) is 8.63. The van der Waals surface area contributed by atoms with Crippen LogP contribution in [0.3, 0.4) is 0 Å². The number of phenolic OH excluding ortho intramolecular Hbond substituents is 1. The Morgan fingerprint density at radius 3 is 2.60 bits per heavy atom. The Bertz CT molecular complexity index is 2290. The van der Waals surface area contributed by atoms with Crippen molar-refractivity contribution in [3.8, 4) is 34.8 Å². The molecule has 1 amide bonds. The van der Waals surface area contributed by atoms with Crippen LogP contribution in [0.4, 0.5) is 5.69 Å². The van der Waals surface area contributed by atoms with E-state index in [1.165, 1.54) is 44.4 Å². The van der Waals surface area contributed by atoms with Crippen molar-refractivity contribution in [1.82, 2.24) is 4.90 Å². The molecule has 1 saturated heterocycles. The van der Waals surface area contributed by atoms with E-state index in [2.05, 4.69) is 23.7 Å². The summed E-state index contributed by atoms with van der Waals surface area (Å²) in [6.45, 7) is 8.11. The van der Waals surface area contributed by atoms with Gasteiger partial charge in [0.25, 0.3) is 5.91 Å². The largest absolute Gasteiger partial charge is 0.504 e. The minimum Gasteiger partial charge on any atom is -0.504 e. The number of nitrogens with zero attached hydrogens (tertiary/aromatic N) is 1. The zero-order valence-corrected chi connectivity index (χ0v) is 34.5. The monoisotopic (exact) mass is 847 g/mol. The number of fused-ring (bicyclic) bond motifs is 1. The number of rotatable bonds is 6. The molecule has 10 rings (SSSR count). The first-order chi connectivity index (χ1) is 28.3. The SMILES string of the molecule is C=C1Oc2cc(OC)cc(C(=O)OC3COC(=O)C[C@H](N)c4cc(O)c(c(Cl)c4)O[C@@H]4C#C/C=C/3CC3=CC=CC34OC3(C)OC(C)(C)[C@@H](N(C)C)[C@@H](O)[C@H]3O)c2NC1=O. The van der Waals surface area contributed by atoms with E-state index in [0.717, 1.165) is 0 Å². The second kappa shape index (κ2) is 15.9. The first-order valence-corrected chi connectivity index (χ1v) is 19.4. The summed E-state index contributed by atoms with van der Waals surface area (Å²) in [6, 6.07) is 3.93. The molecule has 318 valence electrons. The van der Waals surface area contributed by atoms with Crippen LogP contribution in [0.25, 0.3) is 0 Å². The lowest BCUT2D eigenvalue weighted by atomic mass is 9.81. The molecule has 6 heterocycles. The van der Waals surface area contributed by atoms with E-state index in [0.29, 0.717) is 11.1 Å². The third kappa shape index (κ3) is 7.74. The lowest BCUT2D eigenvalue weighted by Gasteiger charge is -2.56. The van der Waals surface area contributed by atoms with Gasteiger partial charge >= 0.3 is 11.9 Å². The number of halogens is 1. The van der Waals surface area contributed by atoms with Crippen LogP contribution in [0.1, 0.15) is 55.6 Å². The van der Waals surface area contributed by atoms with Crippen LogP contribution in [0.5, 0.6) is 23.0 Å². The Labute approximate surface area is 351 Å². The van der Waals surface area contributed by atoms with Crippen molar-refractivity contribution in [1.29, 1.82) is 0 Å². The third-order valence-electron chi connectivity index (χ3n) is 11.1. The number of hydrogen-bond acceptors (Lipinski definition) is 15. The number of esters is 2. The molecule has 0 radical (unpaired) electrons. The standard InChI is InChI=1S/C43H46ClN3O13/c1-21-39(52)46-34-26(17-25(54-7)18-30(34)56-21)40(53)57-31-20-55-33(49)19-28(45)23-15-27(44)36(29(48)16-23)58-32-12-8-10-22(31)14-24-11-9-13-43(24,32)60-42(4)38(51)35(50)37(47(5)6)41(2,3)59-42/h9-11,13,15-18,28,31-32,35,37-38,48,50-51H,1,14,19-20,45H2,2-7H3,(H,46,52)/b22-10+/t28-,31?,32+,35+,37-,38+,42?,43?/m0/s1. The number of methoxy groups -OCH3 is 1. The Kier molecular flexibility index (Phi) is 11.3. The van der Waals surface area contributed by atoms with Crippen molar-refractivity contribution in [3.05, 3.63) is 88.2 Å². The quantitative estimate of drug-likeness (QED) is 0.160. The lowest BCUT2D eigenvalue weighted by molar-refractivity contribution is -0.385. The average molecular weight is 848 g/mol. The molecule has 0 spiro atoms. The average Bonchev–Trinajstić information content (AvgIpc) is 3.54. The summed E-state index contributed by atoms with van der Waals surface area (Å²) < 4.78 is 42.8. The van der Waals surface area contributed by atoms with Crippen molar-refractivity contribution < 1.29 is 62.9 Å². The van der Waals surface area contributed by atoms with Crippen LogP contribution in [-0.2, 0) is 28.5 Å². The molecule has 8 aliphatic rings. The topological polar surface area (TPSA) is 218 Å². The molecule has 1 fully saturated rings. The number of aliphatic hydroxyl groups excluding tert-OH is 2. The zero-order chi connectivity index (χ0) is 43.5. The number of benzene rings is 2. The number of allylic oxidation sites excluding steroid dienone is 3. The van der Waals surface area contributed by atoms with Gasteiger partial charge in [0.15, 0.2) is 46.6 Å². The summed E-state index contributed by atoms with van der Waals surface area (Å²) in [5.41, 5.74) is 4.49. The van der Waals surface area contributed by atoms with Crippen molar-refractivity contribution in [2.75, 3.05) is 33.1 Å². The maximum Gasteiger partial charge on any atom is 0.341 e. The molecular formula is C43H46ClN3O13. The van der Waals surface area contributed by atoms with Crippen molar-refractivity contribution in [2.24, 2.45) is 5.73 Å². The van der Waals surface area contributed by atoms with Crippen LogP contribution in [-0.4, -0.2) is 113 Å². The minimum absolute atomic E-state index is 0.00410.